The second-order valence-electron chi connectivity index (χ2n) is 6.27. The Balaban J connectivity index is 1.73. The Bertz CT molecular complexity index is 938. The molecule has 2 heterocycles. The molecule has 2 aromatic rings. The fourth-order valence-electron chi connectivity index (χ4n) is 3.10. The molecular weight excluding hydrogens is 377 g/mol. The van der Waals surface area contributed by atoms with Gasteiger partial charge in [0.05, 0.1) is 24.6 Å². The summed E-state index contributed by atoms with van der Waals surface area (Å²) in [5, 5.41) is 2.78. The highest BCUT2D eigenvalue weighted by molar-refractivity contribution is 6.00. The Morgan fingerprint density at radius 3 is 2.61 bits per heavy atom. The van der Waals surface area contributed by atoms with Gasteiger partial charge in [-0.2, -0.15) is 0 Å². The zero-order chi connectivity index (χ0) is 19.9. The largest absolute Gasteiger partial charge is 0.573 e. The third-order valence-electron chi connectivity index (χ3n) is 4.39. The Labute approximate surface area is 157 Å². The van der Waals surface area contributed by atoms with Crippen molar-refractivity contribution in [2.45, 2.75) is 18.9 Å². The van der Waals surface area contributed by atoms with Gasteiger partial charge in [-0.3, -0.25) is 9.79 Å². The number of carbonyl (C=O) groups excluding carboxylic acids is 1. The van der Waals surface area contributed by atoms with Crippen molar-refractivity contribution < 1.29 is 32.2 Å². The van der Waals surface area contributed by atoms with Gasteiger partial charge in [0.2, 0.25) is 0 Å². The minimum atomic E-state index is -4.76. The van der Waals surface area contributed by atoms with Gasteiger partial charge in [-0.05, 0) is 30.5 Å². The first-order chi connectivity index (χ1) is 13.4. The van der Waals surface area contributed by atoms with Crippen LogP contribution in [0.4, 0.5) is 24.5 Å². The number of anilines is 1. The number of carbonyl (C=O) groups is 1. The predicted molar refractivity (Wildman–Crippen MR) is 95.3 cm³/mol. The van der Waals surface area contributed by atoms with Crippen LogP contribution in [0, 0.1) is 0 Å². The second kappa shape index (κ2) is 6.83. The highest BCUT2D eigenvalue weighted by atomic mass is 19.4. The third-order valence-corrected chi connectivity index (χ3v) is 4.39. The van der Waals surface area contributed by atoms with Crippen LogP contribution in [0.5, 0.6) is 11.5 Å². The van der Waals surface area contributed by atoms with Crippen molar-refractivity contribution in [3.8, 4) is 22.6 Å². The van der Waals surface area contributed by atoms with E-state index >= 15 is 0 Å². The van der Waals surface area contributed by atoms with Crippen molar-refractivity contribution >= 4 is 24.0 Å². The molecule has 0 spiro atoms. The first-order valence-corrected chi connectivity index (χ1v) is 8.44. The molecule has 6 nitrogen and oxygen atoms in total. The molecule has 146 valence electrons. The van der Waals surface area contributed by atoms with Gasteiger partial charge < -0.3 is 19.5 Å². The molecule has 0 radical (unpaired) electrons. The van der Waals surface area contributed by atoms with Gasteiger partial charge in [-0.15, -0.1) is 13.2 Å². The summed E-state index contributed by atoms with van der Waals surface area (Å²) in [5.74, 6) is -0.0335. The minimum absolute atomic E-state index is 0.288. The Kier molecular flexibility index (Phi) is 4.46. The van der Waals surface area contributed by atoms with E-state index in [1.807, 2.05) is 0 Å². The van der Waals surface area contributed by atoms with Crippen molar-refractivity contribution in [3.63, 3.8) is 0 Å². The monoisotopic (exact) mass is 392 g/mol. The summed E-state index contributed by atoms with van der Waals surface area (Å²) in [6, 6.07) is 7.11. The number of aliphatic imine (C=N–C) groups is 1. The zero-order valence-corrected chi connectivity index (χ0v) is 14.5. The van der Waals surface area contributed by atoms with Crippen LogP contribution in [0.2, 0.25) is 0 Å². The van der Waals surface area contributed by atoms with Gasteiger partial charge in [0, 0.05) is 17.5 Å². The molecule has 0 aromatic heterocycles. The average molecular weight is 392 g/mol. The number of amides is 1. The number of nitrogens with zero attached hydrogens (tertiary/aromatic N) is 1. The summed E-state index contributed by atoms with van der Waals surface area (Å²) in [4.78, 5) is 16.1. The number of nitrogens with one attached hydrogen (secondary N) is 1. The number of epoxide rings is 1. The Morgan fingerprint density at radius 2 is 2.00 bits per heavy atom. The Hall–Kier alpha value is -3.07. The molecular formula is C19H15F3N2O4. The van der Waals surface area contributed by atoms with Crippen molar-refractivity contribution in [2.24, 2.45) is 4.99 Å². The summed E-state index contributed by atoms with van der Waals surface area (Å²) in [6.45, 7) is 4.37. The SMILES string of the molecule is C=Nc1c(NC(=O)[C@H]2CO2)cc(-c2ccc(OC(F)(F)F)cc2)c2c1CCO2. The fraction of sp³-hybridized carbons (Fsp3) is 0.263. The van der Waals surface area contributed by atoms with E-state index in [4.69, 9.17) is 9.47 Å². The van der Waals surface area contributed by atoms with Crippen LogP contribution in [0.1, 0.15) is 5.56 Å². The van der Waals surface area contributed by atoms with E-state index in [9.17, 15) is 18.0 Å². The molecule has 4 rings (SSSR count). The number of fused-ring (bicyclic) bond motifs is 1. The number of hydrogen-bond acceptors (Lipinski definition) is 5. The van der Waals surface area contributed by atoms with E-state index < -0.39 is 12.5 Å². The number of rotatable bonds is 5. The summed E-state index contributed by atoms with van der Waals surface area (Å²) in [7, 11) is 0. The lowest BCUT2D eigenvalue weighted by Crippen LogP contribution is -2.18. The van der Waals surface area contributed by atoms with E-state index in [0.29, 0.717) is 47.9 Å². The van der Waals surface area contributed by atoms with E-state index in [-0.39, 0.29) is 11.7 Å². The van der Waals surface area contributed by atoms with E-state index in [0.717, 1.165) is 5.56 Å². The number of halogens is 3. The van der Waals surface area contributed by atoms with Crippen LogP contribution in [0.15, 0.2) is 35.3 Å². The van der Waals surface area contributed by atoms with Crippen molar-refractivity contribution in [3.05, 3.63) is 35.9 Å². The van der Waals surface area contributed by atoms with E-state index in [1.165, 1.54) is 24.3 Å². The lowest BCUT2D eigenvalue weighted by Gasteiger charge is -2.16. The molecule has 1 N–H and O–H groups in total. The Morgan fingerprint density at radius 1 is 1.29 bits per heavy atom. The number of alkyl halides is 3. The van der Waals surface area contributed by atoms with Gasteiger partial charge in [0.25, 0.3) is 5.91 Å². The molecule has 1 atom stereocenters. The summed E-state index contributed by atoms with van der Waals surface area (Å²) < 4.78 is 51.7. The molecule has 2 aromatic carbocycles. The molecule has 2 aliphatic rings. The molecule has 28 heavy (non-hydrogen) atoms. The smallest absolute Gasteiger partial charge is 0.492 e. The van der Waals surface area contributed by atoms with Crippen LogP contribution in [0.25, 0.3) is 11.1 Å². The van der Waals surface area contributed by atoms with E-state index in [1.54, 1.807) is 6.07 Å². The first-order valence-electron chi connectivity index (χ1n) is 8.44. The minimum Gasteiger partial charge on any atom is -0.492 e. The normalized spacial score (nSPS) is 17.5. The maximum atomic E-state index is 12.4. The predicted octanol–water partition coefficient (Wildman–Crippen LogP) is 3.86. The molecule has 0 unspecified atom stereocenters. The maximum absolute atomic E-state index is 12.4. The molecule has 0 saturated carbocycles. The van der Waals surface area contributed by atoms with Crippen molar-refractivity contribution in [2.75, 3.05) is 18.5 Å². The topological polar surface area (TPSA) is 72.5 Å². The van der Waals surface area contributed by atoms with Crippen LogP contribution < -0.4 is 14.8 Å². The molecule has 0 aliphatic carbocycles. The highest BCUT2D eigenvalue weighted by Crippen LogP contribution is 2.46. The fourth-order valence-corrected chi connectivity index (χ4v) is 3.10. The van der Waals surface area contributed by atoms with Crippen LogP contribution in [0.3, 0.4) is 0 Å². The average Bonchev–Trinajstić information content (AvgIpc) is 3.38. The number of ether oxygens (including phenoxy) is 3. The highest BCUT2D eigenvalue weighted by Gasteiger charge is 2.33. The summed E-state index contributed by atoms with van der Waals surface area (Å²) in [5.41, 5.74) is 3.00. The van der Waals surface area contributed by atoms with Gasteiger partial charge in [-0.1, -0.05) is 12.1 Å². The summed E-state index contributed by atoms with van der Waals surface area (Å²) in [6.07, 6.45) is -4.66. The summed E-state index contributed by atoms with van der Waals surface area (Å²) >= 11 is 0. The van der Waals surface area contributed by atoms with E-state index in [2.05, 4.69) is 21.8 Å². The quantitative estimate of drug-likeness (QED) is 0.620. The zero-order valence-electron chi connectivity index (χ0n) is 14.5. The van der Waals surface area contributed by atoms with Crippen molar-refractivity contribution in [1.29, 1.82) is 0 Å². The maximum Gasteiger partial charge on any atom is 0.573 e. The third kappa shape index (κ3) is 3.65. The molecule has 0 bridgehead atoms. The molecule has 2 aliphatic heterocycles. The molecule has 1 saturated heterocycles. The molecule has 1 fully saturated rings. The van der Waals surface area contributed by atoms with Crippen LogP contribution in [-0.4, -0.2) is 38.3 Å². The van der Waals surface area contributed by atoms with Crippen molar-refractivity contribution in [1.82, 2.24) is 0 Å². The molecule has 9 heteroatoms. The van der Waals surface area contributed by atoms with Crippen LogP contribution in [-0.2, 0) is 16.0 Å². The second-order valence-corrected chi connectivity index (χ2v) is 6.27. The van der Waals surface area contributed by atoms with Gasteiger partial charge in [-0.25, -0.2) is 0 Å². The van der Waals surface area contributed by atoms with Gasteiger partial charge in [0.15, 0.2) is 6.10 Å². The number of hydrogen-bond donors (Lipinski definition) is 1. The lowest BCUT2D eigenvalue weighted by molar-refractivity contribution is -0.274. The first kappa shape index (κ1) is 18.3. The lowest BCUT2D eigenvalue weighted by atomic mass is 9.98. The number of benzene rings is 2. The molecule has 1 amide bonds. The van der Waals surface area contributed by atoms with Gasteiger partial charge >= 0.3 is 6.36 Å². The van der Waals surface area contributed by atoms with Gasteiger partial charge in [0.1, 0.15) is 11.5 Å². The van der Waals surface area contributed by atoms with Crippen LogP contribution >= 0.6 is 0 Å². The standard InChI is InChI=1S/C19H15F3N2O4/c1-23-16-12-6-7-26-17(12)13(8-14(16)24-18(25)15-9-27-15)10-2-4-11(5-3-10)28-19(20,21)22/h2-5,8,15H,1,6-7,9H2,(H,24,25)/t15-/m1/s1.